The zero-order valence-electron chi connectivity index (χ0n) is 9.10. The molecule has 0 aliphatic carbocycles. The van der Waals surface area contributed by atoms with E-state index in [2.05, 4.69) is 28.7 Å². The lowest BCUT2D eigenvalue weighted by molar-refractivity contribution is 0.0810. The van der Waals surface area contributed by atoms with Crippen LogP contribution < -0.4 is 4.74 Å². The maximum Gasteiger partial charge on any atom is 0.407 e. The van der Waals surface area contributed by atoms with Gasteiger partial charge in [0.05, 0.1) is 10.1 Å². The molecule has 0 saturated carbocycles. The summed E-state index contributed by atoms with van der Waals surface area (Å²) in [6.07, 6.45) is -0.00665. The molecule has 1 aromatic rings. The maximum atomic E-state index is 11.0. The smallest absolute Gasteiger partial charge is 0.407 e. The van der Waals surface area contributed by atoms with E-state index < -0.39 is 6.09 Å². The Bertz CT molecular complexity index is 477. The molecule has 90 valence electrons. The van der Waals surface area contributed by atoms with Gasteiger partial charge < -0.3 is 14.7 Å². The average molecular weight is 345 g/mol. The molecule has 2 heterocycles. The molecule has 17 heavy (non-hydrogen) atoms. The van der Waals surface area contributed by atoms with E-state index in [1.807, 2.05) is 12.1 Å². The molecule has 1 fully saturated rings. The lowest BCUT2D eigenvalue weighted by atomic mass is 9.89. The third-order valence-corrected chi connectivity index (χ3v) is 4.35. The summed E-state index contributed by atoms with van der Waals surface area (Å²) in [5.41, 5.74) is 1.24. The third-order valence-electron chi connectivity index (χ3n) is 3.50. The number of halogens is 1. The molecular formula is C12H12INO3. The number of piperidine rings is 1. The van der Waals surface area contributed by atoms with Crippen LogP contribution in [0, 0.1) is 3.57 Å². The Labute approximate surface area is 113 Å². The van der Waals surface area contributed by atoms with Gasteiger partial charge in [-0.2, -0.15) is 0 Å². The largest absolute Gasteiger partial charge is 0.487 e. The number of amides is 1. The molecule has 1 N–H and O–H groups in total. The number of ether oxygens (including phenoxy) is 1. The molecule has 0 spiro atoms. The molecule has 5 heteroatoms. The fraction of sp³-hybridized carbons (Fsp3) is 0.417. The third kappa shape index (κ3) is 1.76. The molecular weight excluding hydrogens is 333 g/mol. The van der Waals surface area contributed by atoms with Crippen LogP contribution in [-0.2, 0) is 0 Å². The first-order valence-corrected chi connectivity index (χ1v) is 6.67. The Morgan fingerprint density at radius 1 is 1.53 bits per heavy atom. The number of carbonyl (C=O) groups is 1. The van der Waals surface area contributed by atoms with Gasteiger partial charge >= 0.3 is 6.09 Å². The minimum atomic E-state index is -0.849. The van der Waals surface area contributed by atoms with Crippen LogP contribution in [0.2, 0.25) is 0 Å². The zero-order chi connectivity index (χ0) is 12.0. The predicted octanol–water partition coefficient (Wildman–Crippen LogP) is 2.52. The van der Waals surface area contributed by atoms with Crippen LogP contribution >= 0.6 is 22.6 Å². The van der Waals surface area contributed by atoms with Gasteiger partial charge in [-0.3, -0.25) is 0 Å². The summed E-state index contributed by atoms with van der Waals surface area (Å²) in [5.74, 6) is 1.31. The summed E-state index contributed by atoms with van der Waals surface area (Å²) in [4.78, 5) is 12.4. The fourth-order valence-corrected chi connectivity index (χ4v) is 3.30. The standard InChI is InChI=1S/C12H12INO3/c13-9-3-1-2-8-7-4-5-14(12(15)16)6-10(7)17-11(8)9/h1-3,7,10H,4-6H2,(H,15,16). The van der Waals surface area contributed by atoms with E-state index in [1.54, 1.807) is 0 Å². The van der Waals surface area contributed by atoms with Crippen molar-refractivity contribution in [3.8, 4) is 5.75 Å². The van der Waals surface area contributed by atoms with Gasteiger partial charge in [0.25, 0.3) is 0 Å². The highest BCUT2D eigenvalue weighted by molar-refractivity contribution is 14.1. The molecule has 3 rings (SSSR count). The van der Waals surface area contributed by atoms with Crippen molar-refractivity contribution in [2.24, 2.45) is 0 Å². The first kappa shape index (κ1) is 11.1. The summed E-state index contributed by atoms with van der Waals surface area (Å²) in [5, 5.41) is 9.00. The van der Waals surface area contributed by atoms with Gasteiger partial charge in [0, 0.05) is 18.0 Å². The van der Waals surface area contributed by atoms with E-state index in [0.717, 1.165) is 15.7 Å². The van der Waals surface area contributed by atoms with Crippen molar-refractivity contribution < 1.29 is 14.6 Å². The first-order valence-electron chi connectivity index (χ1n) is 5.60. The van der Waals surface area contributed by atoms with Crippen LogP contribution in [0.25, 0.3) is 0 Å². The summed E-state index contributed by atoms with van der Waals surface area (Å²) in [6, 6.07) is 6.15. The van der Waals surface area contributed by atoms with E-state index >= 15 is 0 Å². The highest BCUT2D eigenvalue weighted by atomic mass is 127. The van der Waals surface area contributed by atoms with Gasteiger partial charge in [-0.05, 0) is 35.1 Å². The molecule has 1 saturated heterocycles. The van der Waals surface area contributed by atoms with Gasteiger partial charge in [-0.25, -0.2) is 4.79 Å². The Hall–Kier alpha value is -0.980. The van der Waals surface area contributed by atoms with Crippen molar-refractivity contribution in [3.05, 3.63) is 27.3 Å². The molecule has 2 aliphatic heterocycles. The topological polar surface area (TPSA) is 49.8 Å². The summed E-state index contributed by atoms with van der Waals surface area (Å²) in [6.45, 7) is 1.08. The summed E-state index contributed by atoms with van der Waals surface area (Å²) >= 11 is 2.26. The minimum Gasteiger partial charge on any atom is -0.487 e. The predicted molar refractivity (Wildman–Crippen MR) is 70.5 cm³/mol. The van der Waals surface area contributed by atoms with Crippen LogP contribution in [0.1, 0.15) is 17.9 Å². The van der Waals surface area contributed by atoms with Crippen LogP contribution in [0.5, 0.6) is 5.75 Å². The van der Waals surface area contributed by atoms with Gasteiger partial charge in [0.2, 0.25) is 0 Å². The van der Waals surface area contributed by atoms with Crippen LogP contribution in [0.4, 0.5) is 4.79 Å². The van der Waals surface area contributed by atoms with Gasteiger partial charge in [-0.1, -0.05) is 12.1 Å². The number of fused-ring (bicyclic) bond motifs is 3. The second-order valence-electron chi connectivity index (χ2n) is 4.44. The Morgan fingerprint density at radius 3 is 3.12 bits per heavy atom. The Balaban J connectivity index is 1.89. The van der Waals surface area contributed by atoms with Crippen LogP contribution in [0.3, 0.4) is 0 Å². The SMILES string of the molecule is O=C(O)N1CCC2c3cccc(I)c3OC2C1. The number of nitrogens with zero attached hydrogens (tertiary/aromatic N) is 1. The molecule has 1 amide bonds. The van der Waals surface area contributed by atoms with Crippen molar-refractivity contribution in [1.82, 2.24) is 4.90 Å². The number of hydrogen-bond donors (Lipinski definition) is 1. The van der Waals surface area contributed by atoms with Crippen molar-refractivity contribution >= 4 is 28.7 Å². The number of rotatable bonds is 0. The second kappa shape index (κ2) is 4.04. The maximum absolute atomic E-state index is 11.0. The minimum absolute atomic E-state index is 0.00855. The highest BCUT2D eigenvalue weighted by Crippen LogP contribution is 2.44. The zero-order valence-corrected chi connectivity index (χ0v) is 11.3. The Kier molecular flexibility index (Phi) is 2.65. The van der Waals surface area contributed by atoms with E-state index in [9.17, 15) is 4.79 Å². The molecule has 0 aromatic heterocycles. The quantitative estimate of drug-likeness (QED) is 0.735. The fourth-order valence-electron chi connectivity index (χ4n) is 2.66. The van der Waals surface area contributed by atoms with Crippen LogP contribution in [0.15, 0.2) is 18.2 Å². The summed E-state index contributed by atoms with van der Waals surface area (Å²) < 4.78 is 7.02. The van der Waals surface area contributed by atoms with Gasteiger partial charge in [-0.15, -0.1) is 0 Å². The molecule has 0 bridgehead atoms. The molecule has 2 atom stereocenters. The average Bonchev–Trinajstić information content (AvgIpc) is 2.68. The lowest BCUT2D eigenvalue weighted by Crippen LogP contribution is -2.45. The van der Waals surface area contributed by atoms with Crippen molar-refractivity contribution in [3.63, 3.8) is 0 Å². The van der Waals surface area contributed by atoms with Crippen molar-refractivity contribution in [2.75, 3.05) is 13.1 Å². The normalized spacial score (nSPS) is 26.1. The number of para-hydroxylation sites is 1. The van der Waals surface area contributed by atoms with Gasteiger partial charge in [0.15, 0.2) is 0 Å². The van der Waals surface area contributed by atoms with E-state index in [4.69, 9.17) is 9.84 Å². The lowest BCUT2D eigenvalue weighted by Gasteiger charge is -2.32. The first-order chi connectivity index (χ1) is 8.16. The second-order valence-corrected chi connectivity index (χ2v) is 5.60. The molecule has 2 unspecified atom stereocenters. The monoisotopic (exact) mass is 345 g/mol. The van der Waals surface area contributed by atoms with Crippen molar-refractivity contribution in [2.45, 2.75) is 18.4 Å². The molecule has 4 nitrogen and oxygen atoms in total. The van der Waals surface area contributed by atoms with Crippen molar-refractivity contribution in [1.29, 1.82) is 0 Å². The summed E-state index contributed by atoms with van der Waals surface area (Å²) in [7, 11) is 0. The molecule has 0 radical (unpaired) electrons. The van der Waals surface area contributed by atoms with E-state index in [-0.39, 0.29) is 6.10 Å². The van der Waals surface area contributed by atoms with E-state index in [0.29, 0.717) is 19.0 Å². The highest BCUT2D eigenvalue weighted by Gasteiger charge is 2.40. The Morgan fingerprint density at radius 2 is 2.35 bits per heavy atom. The number of carboxylic acid groups (broad SMARTS) is 1. The molecule has 2 aliphatic rings. The van der Waals surface area contributed by atoms with E-state index in [1.165, 1.54) is 10.5 Å². The number of hydrogen-bond acceptors (Lipinski definition) is 2. The molecule has 1 aromatic carbocycles. The van der Waals surface area contributed by atoms with Crippen LogP contribution in [-0.4, -0.2) is 35.3 Å². The van der Waals surface area contributed by atoms with Gasteiger partial charge in [0.1, 0.15) is 11.9 Å². The number of likely N-dealkylation sites (tertiary alicyclic amines) is 1. The number of benzene rings is 1.